The molecule has 5 nitrogen and oxygen atoms in total. The van der Waals surface area contributed by atoms with Gasteiger partial charge in [0.2, 0.25) is 5.75 Å². The summed E-state index contributed by atoms with van der Waals surface area (Å²) in [4.78, 5) is 4.27. The van der Waals surface area contributed by atoms with Crippen LogP contribution in [0.4, 0.5) is 10.2 Å². The SMILES string of the molecule is C=C(Oc1c(N)ncc2c(C3=CC4CCC(C3)N4)coc12)c1c(Cl)ccc(F)c1Cl. The number of anilines is 1. The van der Waals surface area contributed by atoms with Gasteiger partial charge in [-0.15, -0.1) is 0 Å². The van der Waals surface area contributed by atoms with E-state index in [2.05, 4.69) is 23.0 Å². The topological polar surface area (TPSA) is 73.3 Å². The first-order valence-corrected chi connectivity index (χ1v) is 10.3. The van der Waals surface area contributed by atoms with Crippen molar-refractivity contribution in [2.75, 3.05) is 5.73 Å². The lowest BCUT2D eigenvalue weighted by Crippen LogP contribution is -2.31. The monoisotopic (exact) mass is 445 g/mol. The predicted octanol–water partition coefficient (Wildman–Crippen LogP) is 5.81. The average molecular weight is 446 g/mol. The molecule has 2 bridgehead atoms. The van der Waals surface area contributed by atoms with Crippen LogP contribution in [0.1, 0.15) is 30.4 Å². The summed E-state index contributed by atoms with van der Waals surface area (Å²) >= 11 is 12.3. The first-order valence-electron chi connectivity index (χ1n) is 9.55. The second-order valence-electron chi connectivity index (χ2n) is 7.55. The van der Waals surface area contributed by atoms with Crippen LogP contribution in [0.3, 0.4) is 0 Å². The molecule has 3 aromatic rings. The van der Waals surface area contributed by atoms with Gasteiger partial charge in [-0.05, 0) is 37.0 Å². The van der Waals surface area contributed by atoms with Crippen LogP contribution in [-0.2, 0) is 0 Å². The van der Waals surface area contributed by atoms with E-state index in [4.69, 9.17) is 38.1 Å². The summed E-state index contributed by atoms with van der Waals surface area (Å²) in [7, 11) is 0. The van der Waals surface area contributed by atoms with Crippen LogP contribution in [0, 0.1) is 5.82 Å². The molecule has 2 aliphatic heterocycles. The lowest BCUT2D eigenvalue weighted by atomic mass is 9.96. The minimum atomic E-state index is -0.627. The van der Waals surface area contributed by atoms with Gasteiger partial charge >= 0.3 is 0 Å². The number of rotatable bonds is 4. The lowest BCUT2D eigenvalue weighted by Gasteiger charge is -2.20. The first-order chi connectivity index (χ1) is 14.4. The number of pyridine rings is 1. The molecule has 0 saturated carbocycles. The molecule has 4 heterocycles. The van der Waals surface area contributed by atoms with Gasteiger partial charge in [0.1, 0.15) is 11.6 Å². The number of benzene rings is 1. The summed E-state index contributed by atoms with van der Waals surface area (Å²) < 4.78 is 25.6. The van der Waals surface area contributed by atoms with Crippen molar-refractivity contribution in [3.8, 4) is 5.75 Å². The largest absolute Gasteiger partial charge is 0.460 e. The van der Waals surface area contributed by atoms with E-state index < -0.39 is 5.82 Å². The Hall–Kier alpha value is -2.54. The van der Waals surface area contributed by atoms with Crippen LogP contribution in [0.5, 0.6) is 5.75 Å². The van der Waals surface area contributed by atoms with E-state index >= 15 is 0 Å². The molecule has 5 rings (SSSR count). The number of nitrogen functional groups attached to an aromatic ring is 1. The van der Waals surface area contributed by atoms with E-state index in [0.29, 0.717) is 17.7 Å². The molecule has 2 atom stereocenters. The van der Waals surface area contributed by atoms with Gasteiger partial charge in [-0.3, -0.25) is 0 Å². The van der Waals surface area contributed by atoms with Crippen LogP contribution >= 0.6 is 23.2 Å². The smallest absolute Gasteiger partial charge is 0.212 e. The lowest BCUT2D eigenvalue weighted by molar-refractivity contribution is 0.501. The Morgan fingerprint density at radius 2 is 2.17 bits per heavy atom. The minimum absolute atomic E-state index is 0.0441. The Morgan fingerprint density at radius 3 is 2.97 bits per heavy atom. The molecule has 0 amide bonds. The molecule has 3 N–H and O–H groups in total. The third kappa shape index (κ3) is 3.16. The van der Waals surface area contributed by atoms with Gasteiger partial charge < -0.3 is 20.2 Å². The van der Waals surface area contributed by atoms with Crippen molar-refractivity contribution in [3.05, 3.63) is 64.2 Å². The van der Waals surface area contributed by atoms with Crippen molar-refractivity contribution in [2.45, 2.75) is 31.3 Å². The van der Waals surface area contributed by atoms with Crippen LogP contribution in [0.15, 0.2) is 41.7 Å². The molecule has 2 aromatic heterocycles. The molecule has 154 valence electrons. The number of furan rings is 1. The van der Waals surface area contributed by atoms with Crippen molar-refractivity contribution in [1.82, 2.24) is 10.3 Å². The van der Waals surface area contributed by atoms with Gasteiger partial charge in [0.05, 0.1) is 27.3 Å². The van der Waals surface area contributed by atoms with Crippen LogP contribution in [-0.4, -0.2) is 17.1 Å². The number of nitrogens with two attached hydrogens (primary N) is 1. The summed E-state index contributed by atoms with van der Waals surface area (Å²) in [5.41, 5.74) is 8.83. The van der Waals surface area contributed by atoms with Gasteiger partial charge in [-0.25, -0.2) is 9.37 Å². The number of aromatic nitrogens is 1. The second kappa shape index (κ2) is 7.30. The normalized spacial score (nSPS) is 20.4. The zero-order valence-electron chi connectivity index (χ0n) is 15.8. The second-order valence-corrected chi connectivity index (χ2v) is 8.34. The van der Waals surface area contributed by atoms with Gasteiger partial charge in [-0.2, -0.15) is 0 Å². The highest BCUT2D eigenvalue weighted by Gasteiger charge is 2.30. The summed E-state index contributed by atoms with van der Waals surface area (Å²) in [6.45, 7) is 3.85. The molecule has 2 aliphatic rings. The summed E-state index contributed by atoms with van der Waals surface area (Å²) in [6, 6.07) is 3.43. The minimum Gasteiger partial charge on any atom is -0.460 e. The molecule has 8 heteroatoms. The first kappa shape index (κ1) is 19.4. The highest BCUT2D eigenvalue weighted by Crippen LogP contribution is 2.42. The van der Waals surface area contributed by atoms with E-state index in [1.54, 1.807) is 12.5 Å². The summed E-state index contributed by atoms with van der Waals surface area (Å²) in [6.07, 6.45) is 8.84. The molecule has 30 heavy (non-hydrogen) atoms. The summed E-state index contributed by atoms with van der Waals surface area (Å²) in [5, 5.41) is 4.39. The standard InChI is InChI=1S/C22H18Cl2FN3O2/c1-10(18-16(23)4-5-17(25)19(18)24)30-21-20-14(8-27-22(21)26)15(9-29-20)11-6-12-2-3-13(7-11)28-12/h4-6,8-9,12-13,28H,1-3,7H2,(H2,26,27). The fraction of sp³-hybridized carbons (Fsp3) is 0.227. The fourth-order valence-corrected chi connectivity index (χ4v) is 4.78. The Bertz CT molecular complexity index is 1220. The van der Waals surface area contributed by atoms with E-state index in [-0.39, 0.29) is 32.9 Å². The van der Waals surface area contributed by atoms with Gasteiger partial charge in [-0.1, -0.05) is 35.9 Å². The number of halogens is 3. The van der Waals surface area contributed by atoms with Crippen LogP contribution < -0.4 is 15.8 Å². The molecule has 0 spiro atoms. The third-order valence-corrected chi connectivity index (χ3v) is 6.32. The average Bonchev–Trinajstić information content (AvgIpc) is 3.30. The highest BCUT2D eigenvalue weighted by atomic mass is 35.5. The summed E-state index contributed by atoms with van der Waals surface area (Å²) in [5.74, 6) is -0.273. The zero-order chi connectivity index (χ0) is 21.0. The maximum atomic E-state index is 13.9. The van der Waals surface area contributed by atoms with E-state index in [1.165, 1.54) is 17.7 Å². The molecule has 2 unspecified atom stereocenters. The quantitative estimate of drug-likeness (QED) is 0.391. The van der Waals surface area contributed by atoms with Crippen LogP contribution in [0.25, 0.3) is 22.3 Å². The number of fused-ring (bicyclic) bond motifs is 3. The number of nitrogens with one attached hydrogen (secondary N) is 1. The molecule has 1 saturated heterocycles. The van der Waals surface area contributed by atoms with E-state index in [1.807, 2.05) is 0 Å². The van der Waals surface area contributed by atoms with Crippen LogP contribution in [0.2, 0.25) is 10.0 Å². The van der Waals surface area contributed by atoms with Crippen molar-refractivity contribution in [3.63, 3.8) is 0 Å². The number of hydrogen-bond acceptors (Lipinski definition) is 5. The van der Waals surface area contributed by atoms with E-state index in [9.17, 15) is 4.39 Å². The third-order valence-electron chi connectivity index (χ3n) is 5.64. The Labute approximate surface area is 182 Å². The van der Waals surface area contributed by atoms with Crippen molar-refractivity contribution < 1.29 is 13.5 Å². The molecule has 1 fully saturated rings. The Balaban J connectivity index is 1.54. The number of nitrogens with zero attached hydrogens (tertiary/aromatic N) is 1. The van der Waals surface area contributed by atoms with Crippen molar-refractivity contribution in [1.29, 1.82) is 0 Å². The molecule has 0 aliphatic carbocycles. The molecular weight excluding hydrogens is 428 g/mol. The fourth-order valence-electron chi connectivity index (χ4n) is 4.20. The van der Waals surface area contributed by atoms with Gasteiger partial charge in [0, 0.05) is 23.8 Å². The molecule has 0 radical (unpaired) electrons. The van der Waals surface area contributed by atoms with Crippen molar-refractivity contribution >= 4 is 51.3 Å². The maximum Gasteiger partial charge on any atom is 0.212 e. The molecule has 1 aromatic carbocycles. The number of ether oxygens (including phenoxy) is 1. The highest BCUT2D eigenvalue weighted by molar-refractivity contribution is 6.37. The zero-order valence-corrected chi connectivity index (χ0v) is 17.4. The van der Waals surface area contributed by atoms with Crippen molar-refractivity contribution in [2.24, 2.45) is 0 Å². The molecular formula is C22H18Cl2FN3O2. The van der Waals surface area contributed by atoms with Gasteiger partial charge in [0.15, 0.2) is 11.4 Å². The Morgan fingerprint density at radius 1 is 1.33 bits per heavy atom. The predicted molar refractivity (Wildman–Crippen MR) is 117 cm³/mol. The maximum absolute atomic E-state index is 13.9. The van der Waals surface area contributed by atoms with Gasteiger partial charge in [0.25, 0.3) is 0 Å². The number of hydrogen-bond donors (Lipinski definition) is 2. The Kier molecular flexibility index (Phi) is 4.73. The van der Waals surface area contributed by atoms with E-state index in [0.717, 1.165) is 30.2 Å².